The van der Waals surface area contributed by atoms with E-state index in [2.05, 4.69) is 30.7 Å². The van der Waals surface area contributed by atoms with Crippen molar-refractivity contribution in [3.8, 4) is 0 Å². The molecule has 11 nitrogen and oxygen atoms in total. The summed E-state index contributed by atoms with van der Waals surface area (Å²) in [6.45, 7) is 1.31. The summed E-state index contributed by atoms with van der Waals surface area (Å²) in [6, 6.07) is 1.58. The van der Waals surface area contributed by atoms with Crippen LogP contribution in [0, 0.1) is 6.92 Å². The molecule has 3 aromatic heterocycles. The van der Waals surface area contributed by atoms with E-state index in [-0.39, 0.29) is 17.4 Å². The molecule has 0 saturated heterocycles. The van der Waals surface area contributed by atoms with Gasteiger partial charge in [0.1, 0.15) is 17.4 Å². The quantitative estimate of drug-likeness (QED) is 0.576. The number of fused-ring (bicyclic) bond motifs is 1. The number of carbonyl (C=O) groups is 1. The molecule has 0 fully saturated rings. The minimum Gasteiger partial charge on any atom is -0.480 e. The Morgan fingerprint density at radius 3 is 3.10 bits per heavy atom. The fraction of sp³-hybridized carbons (Fsp3) is 0.222. The summed E-state index contributed by atoms with van der Waals surface area (Å²) in [6.07, 6.45) is 0. The zero-order chi connectivity index (χ0) is 15.0. The van der Waals surface area contributed by atoms with Crippen LogP contribution >= 0.6 is 11.8 Å². The SMILES string of the molecule is Cc1nc(Sc2nnnn2CC(=O)O)cc2n[nH]c(=O)n12. The van der Waals surface area contributed by atoms with E-state index in [0.717, 1.165) is 16.4 Å². The summed E-state index contributed by atoms with van der Waals surface area (Å²) in [5, 5.41) is 26.5. The number of H-pyrrole nitrogens is 1. The summed E-state index contributed by atoms with van der Waals surface area (Å²) in [5.41, 5.74) is 0.0366. The molecular weight excluding hydrogens is 300 g/mol. The Kier molecular flexibility index (Phi) is 3.13. The van der Waals surface area contributed by atoms with Crippen molar-refractivity contribution in [2.45, 2.75) is 23.7 Å². The highest BCUT2D eigenvalue weighted by atomic mass is 32.2. The molecule has 0 spiro atoms. The predicted octanol–water partition coefficient (Wildman–Crippen LogP) is -1.05. The van der Waals surface area contributed by atoms with E-state index < -0.39 is 5.97 Å². The Labute approximate surface area is 120 Å². The van der Waals surface area contributed by atoms with E-state index in [0.29, 0.717) is 16.5 Å². The lowest BCUT2D eigenvalue weighted by Gasteiger charge is -2.03. The maximum atomic E-state index is 11.5. The third-order valence-corrected chi connectivity index (χ3v) is 3.42. The molecule has 3 aromatic rings. The van der Waals surface area contributed by atoms with Crippen LogP contribution in [0.3, 0.4) is 0 Å². The standard InChI is InChI=1S/C9H8N8O3S/c1-4-10-6(2-5-11-12-8(20)17(4)5)21-9-13-14-15-16(9)3-7(18)19/h2H,3H2,1H3,(H,12,20)(H,18,19). The Balaban J connectivity index is 1.97. The molecule has 12 heteroatoms. The van der Waals surface area contributed by atoms with Gasteiger partial charge in [-0.2, -0.15) is 5.10 Å². The molecule has 21 heavy (non-hydrogen) atoms. The molecule has 3 rings (SSSR count). The van der Waals surface area contributed by atoms with Crippen LogP contribution in [0.4, 0.5) is 0 Å². The first-order valence-corrected chi connectivity index (χ1v) is 6.47. The van der Waals surface area contributed by atoms with E-state index in [9.17, 15) is 9.59 Å². The zero-order valence-electron chi connectivity index (χ0n) is 10.6. The summed E-state index contributed by atoms with van der Waals surface area (Å²) >= 11 is 1.08. The molecule has 0 atom stereocenters. The number of aromatic amines is 1. The Morgan fingerprint density at radius 2 is 2.33 bits per heavy atom. The number of nitrogens with one attached hydrogen (secondary N) is 1. The fourth-order valence-electron chi connectivity index (χ4n) is 1.71. The van der Waals surface area contributed by atoms with E-state index in [4.69, 9.17) is 5.11 Å². The molecule has 2 N–H and O–H groups in total. The van der Waals surface area contributed by atoms with Gasteiger partial charge in [0.05, 0.1) is 0 Å². The normalized spacial score (nSPS) is 11.1. The Hall–Kier alpha value is -2.76. The van der Waals surface area contributed by atoms with Gasteiger partial charge in [0.25, 0.3) is 0 Å². The maximum Gasteiger partial charge on any atom is 0.349 e. The number of carboxylic acid groups (broad SMARTS) is 1. The molecule has 0 aliphatic rings. The van der Waals surface area contributed by atoms with Crippen LogP contribution in [0.25, 0.3) is 5.65 Å². The highest BCUT2D eigenvalue weighted by Gasteiger charge is 2.14. The number of carboxylic acids is 1. The van der Waals surface area contributed by atoms with Crippen LogP contribution in [0.2, 0.25) is 0 Å². The van der Waals surface area contributed by atoms with Gasteiger partial charge >= 0.3 is 11.7 Å². The Bertz CT molecular complexity index is 881. The first-order valence-electron chi connectivity index (χ1n) is 5.65. The molecule has 0 saturated carbocycles. The molecule has 108 valence electrons. The van der Waals surface area contributed by atoms with Crippen molar-refractivity contribution in [1.29, 1.82) is 0 Å². The molecule has 3 heterocycles. The van der Waals surface area contributed by atoms with Crippen molar-refractivity contribution in [3.63, 3.8) is 0 Å². The van der Waals surface area contributed by atoms with Crippen molar-refractivity contribution >= 4 is 23.4 Å². The van der Waals surface area contributed by atoms with E-state index in [1.54, 1.807) is 13.0 Å². The van der Waals surface area contributed by atoms with Gasteiger partial charge in [0, 0.05) is 6.07 Å². The van der Waals surface area contributed by atoms with Crippen molar-refractivity contribution < 1.29 is 9.90 Å². The number of nitrogens with zero attached hydrogens (tertiary/aromatic N) is 7. The van der Waals surface area contributed by atoms with Crippen LogP contribution in [-0.4, -0.2) is 50.9 Å². The summed E-state index contributed by atoms with van der Waals surface area (Å²) < 4.78 is 2.47. The molecule has 0 aliphatic heterocycles. The molecular formula is C9H8N8O3S. The second kappa shape index (κ2) is 4.97. The maximum absolute atomic E-state index is 11.5. The largest absolute Gasteiger partial charge is 0.480 e. The fourth-order valence-corrected chi connectivity index (χ4v) is 2.53. The third kappa shape index (κ3) is 2.47. The molecule has 0 aromatic carbocycles. The van der Waals surface area contributed by atoms with Gasteiger partial charge in [0.15, 0.2) is 5.65 Å². The van der Waals surface area contributed by atoms with Gasteiger partial charge in [0.2, 0.25) is 5.16 Å². The van der Waals surface area contributed by atoms with Crippen LogP contribution in [0.5, 0.6) is 0 Å². The number of aryl methyl sites for hydroxylation is 1. The van der Waals surface area contributed by atoms with Crippen molar-refractivity contribution in [2.75, 3.05) is 0 Å². The number of aliphatic carboxylic acids is 1. The van der Waals surface area contributed by atoms with Crippen molar-refractivity contribution in [1.82, 2.24) is 39.8 Å². The monoisotopic (exact) mass is 308 g/mol. The zero-order valence-corrected chi connectivity index (χ0v) is 11.4. The Morgan fingerprint density at radius 1 is 1.52 bits per heavy atom. The summed E-state index contributed by atoms with van der Waals surface area (Å²) in [5.74, 6) is -0.603. The minimum atomic E-state index is -1.05. The third-order valence-electron chi connectivity index (χ3n) is 2.53. The van der Waals surface area contributed by atoms with Gasteiger partial charge in [-0.1, -0.05) is 0 Å². The smallest absolute Gasteiger partial charge is 0.349 e. The molecule has 0 bridgehead atoms. The lowest BCUT2D eigenvalue weighted by Crippen LogP contribution is -2.13. The average molecular weight is 308 g/mol. The van der Waals surface area contributed by atoms with Gasteiger partial charge < -0.3 is 5.11 Å². The minimum absolute atomic E-state index is 0.284. The first-order chi connectivity index (χ1) is 10.0. The molecule has 0 amide bonds. The van der Waals surface area contributed by atoms with Gasteiger partial charge in [-0.3, -0.25) is 4.79 Å². The number of aromatic nitrogens is 8. The molecule has 0 unspecified atom stereocenters. The average Bonchev–Trinajstić information content (AvgIpc) is 2.97. The van der Waals surface area contributed by atoms with Crippen LogP contribution in [0.1, 0.15) is 5.82 Å². The van der Waals surface area contributed by atoms with Crippen LogP contribution < -0.4 is 5.69 Å². The summed E-state index contributed by atoms with van der Waals surface area (Å²) in [7, 11) is 0. The predicted molar refractivity (Wildman–Crippen MR) is 67.9 cm³/mol. The highest BCUT2D eigenvalue weighted by Crippen LogP contribution is 2.24. The van der Waals surface area contributed by atoms with E-state index in [1.807, 2.05) is 0 Å². The number of rotatable bonds is 4. The van der Waals surface area contributed by atoms with E-state index >= 15 is 0 Å². The van der Waals surface area contributed by atoms with Crippen molar-refractivity contribution in [3.05, 3.63) is 22.4 Å². The van der Waals surface area contributed by atoms with E-state index in [1.165, 1.54) is 4.40 Å². The van der Waals surface area contributed by atoms with Crippen molar-refractivity contribution in [2.24, 2.45) is 0 Å². The van der Waals surface area contributed by atoms with Crippen LogP contribution in [0.15, 0.2) is 21.0 Å². The second-order valence-corrected chi connectivity index (χ2v) is 4.97. The van der Waals surface area contributed by atoms with Gasteiger partial charge in [-0.15, -0.1) is 5.10 Å². The first kappa shape index (κ1) is 13.2. The topological polar surface area (TPSA) is 144 Å². The summed E-state index contributed by atoms with van der Waals surface area (Å²) in [4.78, 5) is 26.4. The lowest BCUT2D eigenvalue weighted by atomic mass is 10.5. The highest BCUT2D eigenvalue weighted by molar-refractivity contribution is 7.99. The van der Waals surface area contributed by atoms with Gasteiger partial charge in [-0.25, -0.2) is 24.0 Å². The lowest BCUT2D eigenvalue weighted by molar-refractivity contribution is -0.138. The number of hydrogen-bond donors (Lipinski definition) is 2. The molecule has 0 aliphatic carbocycles. The second-order valence-electron chi connectivity index (χ2n) is 3.98. The van der Waals surface area contributed by atoms with Gasteiger partial charge in [-0.05, 0) is 29.1 Å². The van der Waals surface area contributed by atoms with Crippen LogP contribution in [-0.2, 0) is 11.3 Å². The molecule has 0 radical (unpaired) electrons. The number of tetrazole rings is 1. The number of hydrogen-bond acceptors (Lipinski definition) is 8.